The second kappa shape index (κ2) is 5.76. The number of nitrogens with one attached hydrogen (secondary N) is 1. The molecule has 90 valence electrons. The van der Waals surface area contributed by atoms with Gasteiger partial charge >= 0.3 is 0 Å². The summed E-state index contributed by atoms with van der Waals surface area (Å²) in [6.45, 7) is 5.91. The smallest absolute Gasteiger partial charge is 0.107 e. The maximum absolute atomic E-state index is 4.33. The fraction of sp³-hybridized carbons (Fsp3) is 0.308. The Hall–Kier alpha value is -0.710. The van der Waals surface area contributed by atoms with Crippen molar-refractivity contribution in [1.29, 1.82) is 0 Å². The topological polar surface area (TPSA) is 24.9 Å². The van der Waals surface area contributed by atoms with Gasteiger partial charge in [-0.05, 0) is 31.0 Å². The fourth-order valence-electron chi connectivity index (χ4n) is 1.61. The van der Waals surface area contributed by atoms with Crippen molar-refractivity contribution >= 4 is 27.3 Å². The summed E-state index contributed by atoms with van der Waals surface area (Å²) in [5.74, 6) is 0. The molecule has 0 aliphatic carbocycles. The highest BCUT2D eigenvalue weighted by molar-refractivity contribution is 9.10. The molecule has 1 aromatic carbocycles. The van der Waals surface area contributed by atoms with Gasteiger partial charge in [-0.1, -0.05) is 28.1 Å². The Balaban J connectivity index is 1.87. The van der Waals surface area contributed by atoms with E-state index in [1.165, 1.54) is 16.0 Å². The minimum absolute atomic E-state index is 0.841. The second-order valence-electron chi connectivity index (χ2n) is 4.05. The zero-order valence-corrected chi connectivity index (χ0v) is 12.4. The highest BCUT2D eigenvalue weighted by Gasteiger charge is 2.00. The van der Waals surface area contributed by atoms with E-state index < -0.39 is 0 Å². The highest BCUT2D eigenvalue weighted by Crippen LogP contribution is 2.17. The Bertz CT molecular complexity index is 508. The van der Waals surface area contributed by atoms with Gasteiger partial charge < -0.3 is 5.32 Å². The van der Waals surface area contributed by atoms with Gasteiger partial charge in [0.15, 0.2) is 0 Å². The number of thiazole rings is 1. The lowest BCUT2D eigenvalue weighted by atomic mass is 10.1. The summed E-state index contributed by atoms with van der Waals surface area (Å²) in [5, 5.41) is 4.56. The standard InChI is InChI=1S/C13H15BrN2S/c1-9-5-11(3-4-12(9)14)7-15-8-13-16-6-10(2)17-13/h3-6,15H,7-8H2,1-2H3. The van der Waals surface area contributed by atoms with E-state index in [2.05, 4.69) is 58.3 Å². The van der Waals surface area contributed by atoms with E-state index in [0.717, 1.165) is 22.6 Å². The Morgan fingerprint density at radius 3 is 2.76 bits per heavy atom. The monoisotopic (exact) mass is 310 g/mol. The van der Waals surface area contributed by atoms with Gasteiger partial charge in [0, 0.05) is 28.6 Å². The van der Waals surface area contributed by atoms with E-state index in [1.54, 1.807) is 11.3 Å². The van der Waals surface area contributed by atoms with Gasteiger partial charge in [0.2, 0.25) is 0 Å². The van der Waals surface area contributed by atoms with Crippen molar-refractivity contribution in [1.82, 2.24) is 10.3 Å². The van der Waals surface area contributed by atoms with Crippen LogP contribution in [-0.4, -0.2) is 4.98 Å². The van der Waals surface area contributed by atoms with E-state index in [9.17, 15) is 0 Å². The SMILES string of the molecule is Cc1cnc(CNCc2ccc(Br)c(C)c2)s1. The molecule has 2 nitrogen and oxygen atoms in total. The van der Waals surface area contributed by atoms with Crippen LogP contribution in [0.3, 0.4) is 0 Å². The van der Waals surface area contributed by atoms with E-state index >= 15 is 0 Å². The van der Waals surface area contributed by atoms with Crippen LogP contribution in [0.4, 0.5) is 0 Å². The van der Waals surface area contributed by atoms with Crippen LogP contribution in [0.5, 0.6) is 0 Å². The van der Waals surface area contributed by atoms with Crippen molar-refractivity contribution in [3.8, 4) is 0 Å². The van der Waals surface area contributed by atoms with Crippen LogP contribution in [0.15, 0.2) is 28.9 Å². The van der Waals surface area contributed by atoms with Crippen LogP contribution in [0.2, 0.25) is 0 Å². The minimum Gasteiger partial charge on any atom is -0.306 e. The molecule has 1 aromatic heterocycles. The zero-order chi connectivity index (χ0) is 12.3. The Morgan fingerprint density at radius 1 is 1.29 bits per heavy atom. The number of hydrogen-bond acceptors (Lipinski definition) is 3. The summed E-state index contributed by atoms with van der Waals surface area (Å²) in [4.78, 5) is 5.59. The van der Waals surface area contributed by atoms with Crippen LogP contribution >= 0.6 is 27.3 Å². The summed E-state index contributed by atoms with van der Waals surface area (Å²) in [6, 6.07) is 6.43. The van der Waals surface area contributed by atoms with Gasteiger partial charge in [-0.25, -0.2) is 4.98 Å². The van der Waals surface area contributed by atoms with E-state index in [1.807, 2.05) is 6.20 Å². The van der Waals surface area contributed by atoms with E-state index in [4.69, 9.17) is 0 Å². The third-order valence-corrected chi connectivity index (χ3v) is 4.30. The van der Waals surface area contributed by atoms with Crippen molar-refractivity contribution in [3.05, 3.63) is 49.9 Å². The molecule has 0 saturated heterocycles. The number of halogens is 1. The summed E-state index contributed by atoms with van der Waals surface area (Å²) in [5.41, 5.74) is 2.58. The molecule has 17 heavy (non-hydrogen) atoms. The largest absolute Gasteiger partial charge is 0.306 e. The molecule has 2 aromatic rings. The first-order valence-electron chi connectivity index (χ1n) is 5.52. The van der Waals surface area contributed by atoms with Gasteiger partial charge in [-0.2, -0.15) is 0 Å². The number of benzene rings is 1. The molecule has 0 amide bonds. The van der Waals surface area contributed by atoms with Crippen LogP contribution in [0, 0.1) is 13.8 Å². The first-order valence-corrected chi connectivity index (χ1v) is 7.13. The highest BCUT2D eigenvalue weighted by atomic mass is 79.9. The van der Waals surface area contributed by atoms with Gasteiger partial charge in [-0.3, -0.25) is 0 Å². The van der Waals surface area contributed by atoms with E-state index in [0.29, 0.717) is 0 Å². The molecule has 1 heterocycles. The van der Waals surface area contributed by atoms with Crippen molar-refractivity contribution in [2.75, 3.05) is 0 Å². The van der Waals surface area contributed by atoms with Crippen molar-refractivity contribution in [2.24, 2.45) is 0 Å². The maximum atomic E-state index is 4.33. The lowest BCUT2D eigenvalue weighted by molar-refractivity contribution is 0.689. The third kappa shape index (κ3) is 3.63. The third-order valence-electron chi connectivity index (χ3n) is 2.50. The molecule has 0 unspecified atom stereocenters. The molecule has 1 N–H and O–H groups in total. The second-order valence-corrected chi connectivity index (χ2v) is 6.23. The van der Waals surface area contributed by atoms with Crippen LogP contribution in [0.25, 0.3) is 0 Å². The van der Waals surface area contributed by atoms with Crippen LogP contribution < -0.4 is 5.32 Å². The number of aryl methyl sites for hydroxylation is 2. The molecule has 0 spiro atoms. The molecule has 0 bridgehead atoms. The molecule has 2 rings (SSSR count). The molecule has 4 heteroatoms. The predicted octanol–water partition coefficient (Wildman–Crippen LogP) is 3.81. The molecule has 0 fully saturated rings. The number of hydrogen-bond donors (Lipinski definition) is 1. The van der Waals surface area contributed by atoms with Gasteiger partial charge in [-0.15, -0.1) is 11.3 Å². The Labute approximate surface area is 114 Å². The van der Waals surface area contributed by atoms with Crippen LogP contribution in [0.1, 0.15) is 21.0 Å². The Morgan fingerprint density at radius 2 is 2.12 bits per heavy atom. The molecular weight excluding hydrogens is 296 g/mol. The van der Waals surface area contributed by atoms with Gasteiger partial charge in [0.1, 0.15) is 5.01 Å². The molecule has 0 saturated carbocycles. The molecular formula is C13H15BrN2S. The molecule has 0 aliphatic rings. The lowest BCUT2D eigenvalue weighted by Gasteiger charge is -2.05. The van der Waals surface area contributed by atoms with Gasteiger partial charge in [0.05, 0.1) is 0 Å². The molecule has 0 radical (unpaired) electrons. The quantitative estimate of drug-likeness (QED) is 0.928. The average molecular weight is 311 g/mol. The van der Waals surface area contributed by atoms with Crippen molar-refractivity contribution < 1.29 is 0 Å². The fourth-order valence-corrected chi connectivity index (χ4v) is 2.62. The summed E-state index contributed by atoms with van der Waals surface area (Å²) >= 11 is 5.26. The van der Waals surface area contributed by atoms with Crippen molar-refractivity contribution in [2.45, 2.75) is 26.9 Å². The lowest BCUT2D eigenvalue weighted by Crippen LogP contribution is -2.12. The van der Waals surface area contributed by atoms with Crippen molar-refractivity contribution in [3.63, 3.8) is 0 Å². The summed E-state index contributed by atoms with van der Waals surface area (Å²) in [7, 11) is 0. The van der Waals surface area contributed by atoms with E-state index in [-0.39, 0.29) is 0 Å². The average Bonchev–Trinajstić information content (AvgIpc) is 2.70. The number of aromatic nitrogens is 1. The normalized spacial score (nSPS) is 10.8. The Kier molecular flexibility index (Phi) is 4.31. The maximum Gasteiger partial charge on any atom is 0.107 e. The zero-order valence-electron chi connectivity index (χ0n) is 9.96. The first-order chi connectivity index (χ1) is 8.15. The first kappa shape index (κ1) is 12.7. The minimum atomic E-state index is 0.841. The summed E-state index contributed by atoms with van der Waals surface area (Å²) in [6.07, 6.45) is 1.92. The van der Waals surface area contributed by atoms with Gasteiger partial charge in [0.25, 0.3) is 0 Å². The molecule has 0 atom stereocenters. The van der Waals surface area contributed by atoms with Crippen LogP contribution in [-0.2, 0) is 13.1 Å². The number of rotatable bonds is 4. The number of nitrogens with zero attached hydrogens (tertiary/aromatic N) is 1. The molecule has 0 aliphatic heterocycles. The summed E-state index contributed by atoms with van der Waals surface area (Å²) < 4.78 is 1.16. The predicted molar refractivity (Wildman–Crippen MR) is 76.3 cm³/mol.